The maximum absolute atomic E-state index is 10.6. The predicted octanol–water partition coefficient (Wildman–Crippen LogP) is 3.49. The fraction of sp³-hybridized carbons (Fsp3) is 0.500. The van der Waals surface area contributed by atoms with E-state index in [1.807, 2.05) is 18.5 Å². The highest BCUT2D eigenvalue weighted by atomic mass is 79.9. The van der Waals surface area contributed by atoms with E-state index in [0.717, 1.165) is 41.2 Å². The molecule has 1 aromatic carbocycles. The van der Waals surface area contributed by atoms with Gasteiger partial charge in [-0.05, 0) is 31.0 Å². The first-order valence-electron chi connectivity index (χ1n) is 6.49. The Balaban J connectivity index is 1.90. The summed E-state index contributed by atoms with van der Waals surface area (Å²) in [6.45, 7) is 0.658. The minimum Gasteiger partial charge on any atom is -0.388 e. The summed E-state index contributed by atoms with van der Waals surface area (Å²) < 4.78 is 3.12. The highest BCUT2D eigenvalue weighted by Crippen LogP contribution is 2.30. The quantitative estimate of drug-likeness (QED) is 0.922. The number of hydrogen-bond acceptors (Lipinski definition) is 2. The molecule has 0 atom stereocenters. The van der Waals surface area contributed by atoms with Crippen molar-refractivity contribution in [3.8, 4) is 0 Å². The molecule has 1 saturated carbocycles. The molecule has 0 saturated heterocycles. The fourth-order valence-electron chi connectivity index (χ4n) is 2.85. The van der Waals surface area contributed by atoms with Gasteiger partial charge in [-0.25, -0.2) is 4.98 Å². The third-order valence-electron chi connectivity index (χ3n) is 3.83. The smallest absolute Gasteiger partial charge is 0.0959 e. The number of rotatable bonds is 2. The summed E-state index contributed by atoms with van der Waals surface area (Å²) in [6, 6.07) is 6.08. The number of hydrogen-bond donors (Lipinski definition) is 1. The number of halogens is 1. The van der Waals surface area contributed by atoms with Gasteiger partial charge >= 0.3 is 0 Å². The lowest BCUT2D eigenvalue weighted by Crippen LogP contribution is -2.36. The Bertz CT molecular complexity index is 558. The number of imidazole rings is 1. The average Bonchev–Trinajstić information content (AvgIpc) is 2.72. The molecule has 1 aliphatic rings. The second-order valence-corrected chi connectivity index (χ2v) is 6.21. The van der Waals surface area contributed by atoms with E-state index in [1.54, 1.807) is 0 Å². The number of fused-ring (bicyclic) bond motifs is 1. The molecule has 1 aromatic heterocycles. The second kappa shape index (κ2) is 4.67. The van der Waals surface area contributed by atoms with Crippen molar-refractivity contribution in [3.05, 3.63) is 29.0 Å². The Morgan fingerprint density at radius 1 is 1.28 bits per heavy atom. The van der Waals surface area contributed by atoms with Crippen molar-refractivity contribution in [2.24, 2.45) is 0 Å². The topological polar surface area (TPSA) is 38.0 Å². The summed E-state index contributed by atoms with van der Waals surface area (Å²) in [7, 11) is 0. The van der Waals surface area contributed by atoms with E-state index in [0.29, 0.717) is 6.54 Å². The molecule has 18 heavy (non-hydrogen) atoms. The van der Waals surface area contributed by atoms with Gasteiger partial charge in [-0.15, -0.1) is 0 Å². The maximum Gasteiger partial charge on any atom is 0.0959 e. The van der Waals surface area contributed by atoms with Crippen LogP contribution in [0.3, 0.4) is 0 Å². The lowest BCUT2D eigenvalue weighted by atomic mass is 9.85. The summed E-state index contributed by atoms with van der Waals surface area (Å²) in [4.78, 5) is 4.40. The zero-order valence-corrected chi connectivity index (χ0v) is 11.9. The summed E-state index contributed by atoms with van der Waals surface area (Å²) in [5.41, 5.74) is 1.53. The van der Waals surface area contributed by atoms with Crippen molar-refractivity contribution in [3.63, 3.8) is 0 Å². The fourth-order valence-corrected chi connectivity index (χ4v) is 3.20. The molecular formula is C14H17BrN2O. The van der Waals surface area contributed by atoms with E-state index in [4.69, 9.17) is 0 Å². The highest BCUT2D eigenvalue weighted by Gasteiger charge is 2.29. The van der Waals surface area contributed by atoms with E-state index in [1.165, 1.54) is 6.42 Å². The van der Waals surface area contributed by atoms with E-state index in [9.17, 15) is 5.11 Å². The molecule has 4 heteroatoms. The van der Waals surface area contributed by atoms with Crippen molar-refractivity contribution in [1.29, 1.82) is 0 Å². The van der Waals surface area contributed by atoms with Crippen molar-refractivity contribution in [2.75, 3.05) is 0 Å². The lowest BCUT2D eigenvalue weighted by molar-refractivity contribution is -0.0105. The van der Waals surface area contributed by atoms with Crippen LogP contribution in [-0.4, -0.2) is 20.3 Å². The van der Waals surface area contributed by atoms with Gasteiger partial charge in [-0.2, -0.15) is 0 Å². The Morgan fingerprint density at radius 2 is 2.06 bits per heavy atom. The first-order chi connectivity index (χ1) is 8.66. The van der Waals surface area contributed by atoms with Crippen LogP contribution in [0, 0.1) is 0 Å². The molecule has 3 nitrogen and oxygen atoms in total. The van der Waals surface area contributed by atoms with Crippen molar-refractivity contribution >= 4 is 27.0 Å². The maximum atomic E-state index is 10.6. The van der Waals surface area contributed by atoms with Crippen molar-refractivity contribution in [1.82, 2.24) is 9.55 Å². The van der Waals surface area contributed by atoms with Crippen LogP contribution in [0.1, 0.15) is 32.1 Å². The van der Waals surface area contributed by atoms with E-state index in [2.05, 4.69) is 31.5 Å². The Hall–Kier alpha value is -0.870. The van der Waals surface area contributed by atoms with Crippen LogP contribution >= 0.6 is 15.9 Å². The molecule has 1 aliphatic carbocycles. The van der Waals surface area contributed by atoms with E-state index in [-0.39, 0.29) is 0 Å². The second-order valence-electron chi connectivity index (χ2n) is 5.29. The molecule has 96 valence electrons. The first kappa shape index (κ1) is 12.2. The van der Waals surface area contributed by atoms with Gasteiger partial charge < -0.3 is 9.67 Å². The summed E-state index contributed by atoms with van der Waals surface area (Å²) in [5, 5.41) is 10.6. The summed E-state index contributed by atoms with van der Waals surface area (Å²) in [5.74, 6) is 0. The van der Waals surface area contributed by atoms with Crippen LogP contribution in [0.15, 0.2) is 29.0 Å². The van der Waals surface area contributed by atoms with Crippen molar-refractivity contribution < 1.29 is 5.11 Å². The van der Waals surface area contributed by atoms with Gasteiger partial charge in [0.05, 0.1) is 29.5 Å². The van der Waals surface area contributed by atoms with Crippen LogP contribution in [0.5, 0.6) is 0 Å². The molecule has 0 radical (unpaired) electrons. The van der Waals surface area contributed by atoms with Crippen LogP contribution in [0.25, 0.3) is 11.0 Å². The third kappa shape index (κ3) is 2.31. The Morgan fingerprint density at radius 3 is 2.83 bits per heavy atom. The largest absolute Gasteiger partial charge is 0.388 e. The monoisotopic (exact) mass is 308 g/mol. The van der Waals surface area contributed by atoms with Gasteiger partial charge in [0, 0.05) is 4.47 Å². The van der Waals surface area contributed by atoms with E-state index >= 15 is 0 Å². The first-order valence-corrected chi connectivity index (χ1v) is 7.28. The molecule has 2 aromatic rings. The number of nitrogens with zero attached hydrogens (tertiary/aromatic N) is 2. The molecule has 0 unspecified atom stereocenters. The summed E-state index contributed by atoms with van der Waals surface area (Å²) in [6.07, 6.45) is 7.17. The molecule has 1 fully saturated rings. The SMILES string of the molecule is OC1(Cn2cnc3cc(Br)ccc32)CCCCC1. The predicted molar refractivity (Wildman–Crippen MR) is 75.5 cm³/mol. The highest BCUT2D eigenvalue weighted by molar-refractivity contribution is 9.10. The molecule has 0 amide bonds. The molecule has 1 heterocycles. The zero-order chi connectivity index (χ0) is 12.6. The Kier molecular flexibility index (Phi) is 3.16. The number of aliphatic hydroxyl groups is 1. The average molecular weight is 309 g/mol. The minimum absolute atomic E-state index is 0.543. The Labute approximate surface area is 115 Å². The standard InChI is InChI=1S/C14H17BrN2O/c15-11-4-5-13-12(8-11)16-10-17(13)9-14(18)6-2-1-3-7-14/h4-5,8,10,18H,1-3,6-7,9H2. The molecule has 3 rings (SSSR count). The minimum atomic E-state index is -0.543. The van der Waals surface area contributed by atoms with Gasteiger partial charge in [0.25, 0.3) is 0 Å². The van der Waals surface area contributed by atoms with Crippen LogP contribution in [0.4, 0.5) is 0 Å². The molecule has 0 aliphatic heterocycles. The van der Waals surface area contributed by atoms with E-state index < -0.39 is 5.60 Å². The molecule has 0 spiro atoms. The number of aromatic nitrogens is 2. The molecule has 1 N–H and O–H groups in total. The van der Waals surface area contributed by atoms with Gasteiger partial charge in [0.15, 0.2) is 0 Å². The molecule has 0 bridgehead atoms. The van der Waals surface area contributed by atoms with Gasteiger partial charge in [-0.3, -0.25) is 0 Å². The van der Waals surface area contributed by atoms with Gasteiger partial charge in [0.1, 0.15) is 0 Å². The van der Waals surface area contributed by atoms with Crippen LogP contribution in [-0.2, 0) is 6.54 Å². The normalized spacial score (nSPS) is 19.2. The third-order valence-corrected chi connectivity index (χ3v) is 4.33. The van der Waals surface area contributed by atoms with Crippen LogP contribution < -0.4 is 0 Å². The lowest BCUT2D eigenvalue weighted by Gasteiger charge is -2.32. The van der Waals surface area contributed by atoms with Gasteiger partial charge in [-0.1, -0.05) is 35.2 Å². The summed E-state index contributed by atoms with van der Waals surface area (Å²) >= 11 is 3.45. The van der Waals surface area contributed by atoms with Crippen LogP contribution in [0.2, 0.25) is 0 Å². The van der Waals surface area contributed by atoms with Gasteiger partial charge in [0.2, 0.25) is 0 Å². The zero-order valence-electron chi connectivity index (χ0n) is 10.3. The number of benzene rings is 1. The van der Waals surface area contributed by atoms with Crippen molar-refractivity contribution in [2.45, 2.75) is 44.2 Å². The molecular weight excluding hydrogens is 292 g/mol.